The zero-order chi connectivity index (χ0) is 24.9. The van der Waals surface area contributed by atoms with E-state index in [1.165, 1.54) is 24.3 Å². The van der Waals surface area contributed by atoms with E-state index in [1.807, 2.05) is 0 Å². The number of hydrogen-bond acceptors (Lipinski definition) is 3. The molecule has 0 saturated heterocycles. The fourth-order valence-electron chi connectivity index (χ4n) is 4.27. The van der Waals surface area contributed by atoms with Gasteiger partial charge in [-0.3, -0.25) is 4.79 Å². The van der Waals surface area contributed by atoms with Crippen LogP contribution in [0.25, 0.3) is 0 Å². The maximum atomic E-state index is 15.2. The second-order valence-corrected chi connectivity index (χ2v) is 9.62. The van der Waals surface area contributed by atoms with Crippen LogP contribution in [-0.2, 0) is 20.9 Å². The zero-order valence-corrected chi connectivity index (χ0v) is 20.0. The summed E-state index contributed by atoms with van der Waals surface area (Å²) < 4.78 is 57.7. The molecule has 1 fully saturated rings. The van der Waals surface area contributed by atoms with Crippen molar-refractivity contribution in [3.05, 3.63) is 68.2 Å². The molecule has 0 radical (unpaired) electrons. The molecule has 0 spiro atoms. The van der Waals surface area contributed by atoms with E-state index in [4.69, 9.17) is 39.6 Å². The molecular formula is C23H19Cl3F4N2O2. The summed E-state index contributed by atoms with van der Waals surface area (Å²) in [6.45, 7) is 2.26. The minimum Gasteiger partial charge on any atom is -0.374 e. The van der Waals surface area contributed by atoms with Gasteiger partial charge in [0.05, 0.1) is 20.8 Å². The molecule has 4 rings (SSSR count). The predicted molar refractivity (Wildman–Crippen MR) is 122 cm³/mol. The lowest BCUT2D eigenvalue weighted by Crippen LogP contribution is -2.45. The molecule has 2 aromatic rings. The highest BCUT2D eigenvalue weighted by molar-refractivity contribution is 6.48. The second-order valence-electron chi connectivity index (χ2n) is 8.43. The molecule has 1 unspecified atom stereocenters. The Morgan fingerprint density at radius 1 is 1.12 bits per heavy atom. The number of rotatable bonds is 5. The Morgan fingerprint density at radius 2 is 1.71 bits per heavy atom. The highest BCUT2D eigenvalue weighted by Gasteiger charge is 2.62. The molecule has 4 nitrogen and oxygen atoms in total. The van der Waals surface area contributed by atoms with Crippen molar-refractivity contribution in [3.8, 4) is 0 Å². The molecule has 2 aliphatic rings. The van der Waals surface area contributed by atoms with E-state index in [0.29, 0.717) is 17.7 Å². The highest BCUT2D eigenvalue weighted by Crippen LogP contribution is 2.51. The molecule has 11 heteroatoms. The van der Waals surface area contributed by atoms with E-state index in [2.05, 4.69) is 10.5 Å². The van der Waals surface area contributed by atoms with Gasteiger partial charge < -0.3 is 10.2 Å². The SMILES string of the molecule is CCNC(=O)C1CC(F)(c2ccc(C3=NOC(c4cc(Cl)c(Cl)c(Cl)c4)(C(F)(F)F)C3)cc2)C1. The Labute approximate surface area is 208 Å². The van der Waals surface area contributed by atoms with Gasteiger partial charge in [0, 0.05) is 24.4 Å². The van der Waals surface area contributed by atoms with Crippen molar-refractivity contribution < 1.29 is 27.2 Å². The highest BCUT2D eigenvalue weighted by atomic mass is 35.5. The molecule has 1 N–H and O–H groups in total. The third kappa shape index (κ3) is 4.25. The maximum absolute atomic E-state index is 15.2. The van der Waals surface area contributed by atoms with Gasteiger partial charge in [-0.05, 0) is 43.0 Å². The summed E-state index contributed by atoms with van der Waals surface area (Å²) in [6, 6.07) is 8.09. The van der Waals surface area contributed by atoms with Crippen LogP contribution < -0.4 is 5.32 Å². The summed E-state index contributed by atoms with van der Waals surface area (Å²) >= 11 is 17.8. The Hall–Kier alpha value is -2.03. The van der Waals surface area contributed by atoms with Gasteiger partial charge in [-0.25, -0.2) is 4.39 Å². The summed E-state index contributed by atoms with van der Waals surface area (Å²) in [4.78, 5) is 16.9. The van der Waals surface area contributed by atoms with Gasteiger partial charge >= 0.3 is 6.18 Å². The Kier molecular flexibility index (Phi) is 6.55. The molecule has 1 aliphatic heterocycles. The molecule has 1 atom stereocenters. The van der Waals surface area contributed by atoms with Gasteiger partial charge in [-0.2, -0.15) is 13.2 Å². The normalized spacial score (nSPS) is 26.5. The lowest BCUT2D eigenvalue weighted by Gasteiger charge is -2.40. The van der Waals surface area contributed by atoms with Crippen LogP contribution in [0.15, 0.2) is 41.6 Å². The summed E-state index contributed by atoms with van der Waals surface area (Å²) in [5, 5.41) is 6.02. The third-order valence-electron chi connectivity index (χ3n) is 6.23. The van der Waals surface area contributed by atoms with E-state index >= 15 is 4.39 Å². The minimum absolute atomic E-state index is 0.0350. The van der Waals surface area contributed by atoms with Crippen LogP contribution >= 0.6 is 34.8 Å². The van der Waals surface area contributed by atoms with Gasteiger partial charge in [0.25, 0.3) is 5.60 Å². The number of carbonyl (C=O) groups is 1. The summed E-state index contributed by atoms with van der Waals surface area (Å²) in [5.41, 5.74) is -4.04. The number of nitrogens with zero attached hydrogens (tertiary/aromatic N) is 1. The molecule has 1 amide bonds. The number of carbonyl (C=O) groups excluding carboxylic acids is 1. The fourth-order valence-corrected chi connectivity index (χ4v) is 4.87. The van der Waals surface area contributed by atoms with Crippen molar-refractivity contribution in [1.82, 2.24) is 5.32 Å². The van der Waals surface area contributed by atoms with Gasteiger partial charge in [0.15, 0.2) is 0 Å². The van der Waals surface area contributed by atoms with E-state index in [-0.39, 0.29) is 45.1 Å². The summed E-state index contributed by atoms with van der Waals surface area (Å²) in [6.07, 6.45) is -5.37. The largest absolute Gasteiger partial charge is 0.435 e. The molecule has 0 bridgehead atoms. The smallest absolute Gasteiger partial charge is 0.374 e. The average molecular weight is 538 g/mol. The van der Waals surface area contributed by atoms with Crippen molar-refractivity contribution in [2.75, 3.05) is 6.54 Å². The molecule has 182 valence electrons. The first-order valence-electron chi connectivity index (χ1n) is 10.4. The molecule has 1 heterocycles. The van der Waals surface area contributed by atoms with Crippen LogP contribution in [0.3, 0.4) is 0 Å². The van der Waals surface area contributed by atoms with Crippen LogP contribution in [0.4, 0.5) is 17.6 Å². The standard InChI is InChI=1S/C23H19Cl3F4N2O2/c1-2-31-20(33)13-9-21(27,10-13)14-5-3-12(4-6-14)18-11-22(34-32-18,23(28,29)30)15-7-16(24)19(26)17(25)8-15/h3-8,13H,2,9-11H2,1H3,(H,31,33). The van der Waals surface area contributed by atoms with Crippen molar-refractivity contribution in [3.63, 3.8) is 0 Å². The topological polar surface area (TPSA) is 50.7 Å². The number of oxime groups is 1. The number of hydrogen-bond donors (Lipinski definition) is 1. The van der Waals surface area contributed by atoms with Crippen molar-refractivity contribution >= 4 is 46.4 Å². The molecule has 34 heavy (non-hydrogen) atoms. The van der Waals surface area contributed by atoms with Crippen LogP contribution in [-0.4, -0.2) is 24.3 Å². The molecule has 1 aliphatic carbocycles. The fraction of sp³-hybridized carbons (Fsp3) is 0.391. The lowest BCUT2D eigenvalue weighted by molar-refractivity contribution is -0.275. The summed E-state index contributed by atoms with van der Waals surface area (Å²) in [7, 11) is 0. The maximum Gasteiger partial charge on any atom is 0.435 e. The number of benzene rings is 2. The number of nitrogens with one attached hydrogen (secondary N) is 1. The first kappa shape index (κ1) is 25.1. The van der Waals surface area contributed by atoms with Crippen molar-refractivity contribution in [1.29, 1.82) is 0 Å². The van der Waals surface area contributed by atoms with E-state index in [0.717, 1.165) is 12.1 Å². The Bertz CT molecular complexity index is 1120. The van der Waals surface area contributed by atoms with Crippen LogP contribution in [0, 0.1) is 5.92 Å². The van der Waals surface area contributed by atoms with Crippen molar-refractivity contribution in [2.45, 2.75) is 43.6 Å². The first-order chi connectivity index (χ1) is 15.9. The predicted octanol–water partition coefficient (Wildman–Crippen LogP) is 6.94. The van der Waals surface area contributed by atoms with Gasteiger partial charge in [-0.15, -0.1) is 0 Å². The second kappa shape index (κ2) is 8.88. The lowest BCUT2D eigenvalue weighted by atomic mass is 9.68. The van der Waals surface area contributed by atoms with Crippen LogP contribution in [0.5, 0.6) is 0 Å². The first-order valence-corrected chi connectivity index (χ1v) is 11.6. The number of halogens is 7. The zero-order valence-electron chi connectivity index (χ0n) is 17.8. The molecule has 2 aromatic carbocycles. The van der Waals surface area contributed by atoms with Crippen LogP contribution in [0.1, 0.15) is 42.9 Å². The average Bonchev–Trinajstić information content (AvgIpc) is 3.22. The Balaban J connectivity index is 1.55. The number of amides is 1. The van der Waals surface area contributed by atoms with Gasteiger partial charge in [-0.1, -0.05) is 64.2 Å². The molecular weight excluding hydrogens is 519 g/mol. The van der Waals surface area contributed by atoms with E-state index < -0.39 is 29.8 Å². The van der Waals surface area contributed by atoms with Gasteiger partial charge in [0.2, 0.25) is 5.91 Å². The Morgan fingerprint density at radius 3 is 2.24 bits per heavy atom. The summed E-state index contributed by atoms with van der Waals surface area (Å²) in [5.74, 6) is -0.585. The van der Waals surface area contributed by atoms with Crippen LogP contribution in [0.2, 0.25) is 15.1 Å². The van der Waals surface area contributed by atoms with E-state index in [9.17, 15) is 18.0 Å². The molecule has 0 aromatic heterocycles. The van der Waals surface area contributed by atoms with E-state index in [1.54, 1.807) is 6.92 Å². The molecule has 1 saturated carbocycles. The quantitative estimate of drug-likeness (QED) is 0.332. The van der Waals surface area contributed by atoms with Gasteiger partial charge in [0.1, 0.15) is 5.67 Å². The minimum atomic E-state index is -4.85. The number of alkyl halides is 4. The third-order valence-corrected chi connectivity index (χ3v) is 7.43. The monoisotopic (exact) mass is 536 g/mol. The van der Waals surface area contributed by atoms with Crippen molar-refractivity contribution in [2.24, 2.45) is 11.1 Å².